The molecule has 3 atom stereocenters. The molecule has 2 fully saturated rings. The van der Waals surface area contributed by atoms with Crippen LogP contribution in [-0.4, -0.2) is 42.1 Å². The van der Waals surface area contributed by atoms with E-state index in [4.69, 9.17) is 5.73 Å². The Morgan fingerprint density at radius 1 is 1.36 bits per heavy atom. The SMILES string of the molecule is CSC1CCCN(C2CCC2CN)C1. The maximum Gasteiger partial charge on any atom is 0.0172 e. The van der Waals surface area contributed by atoms with Crippen LogP contribution in [0.15, 0.2) is 0 Å². The van der Waals surface area contributed by atoms with Crippen LogP contribution in [-0.2, 0) is 0 Å². The second kappa shape index (κ2) is 4.86. The first-order valence-electron chi connectivity index (χ1n) is 5.82. The smallest absolute Gasteiger partial charge is 0.0172 e. The van der Waals surface area contributed by atoms with Gasteiger partial charge in [0.05, 0.1) is 0 Å². The van der Waals surface area contributed by atoms with Gasteiger partial charge < -0.3 is 5.73 Å². The molecule has 1 aliphatic heterocycles. The molecule has 2 N–H and O–H groups in total. The van der Waals surface area contributed by atoms with E-state index in [2.05, 4.69) is 11.2 Å². The first-order chi connectivity index (χ1) is 6.85. The standard InChI is InChI=1S/C11H22N2S/c1-14-10-3-2-6-13(8-10)11-5-4-9(11)7-12/h9-11H,2-8,12H2,1H3. The Bertz CT molecular complexity index is 182. The molecule has 2 nitrogen and oxygen atoms in total. The summed E-state index contributed by atoms with van der Waals surface area (Å²) in [5.74, 6) is 0.801. The Morgan fingerprint density at radius 2 is 2.21 bits per heavy atom. The van der Waals surface area contributed by atoms with E-state index in [1.54, 1.807) is 0 Å². The van der Waals surface area contributed by atoms with Crippen molar-refractivity contribution in [1.82, 2.24) is 4.90 Å². The van der Waals surface area contributed by atoms with E-state index in [1.165, 1.54) is 38.8 Å². The van der Waals surface area contributed by atoms with Crippen molar-refractivity contribution in [1.29, 1.82) is 0 Å². The maximum atomic E-state index is 5.77. The lowest BCUT2D eigenvalue weighted by atomic mass is 9.78. The normalized spacial score (nSPS) is 39.4. The third kappa shape index (κ3) is 2.10. The summed E-state index contributed by atoms with van der Waals surface area (Å²) >= 11 is 2.04. The highest BCUT2D eigenvalue weighted by molar-refractivity contribution is 7.99. The fourth-order valence-corrected chi connectivity index (χ4v) is 3.51. The highest BCUT2D eigenvalue weighted by atomic mass is 32.2. The lowest BCUT2D eigenvalue weighted by molar-refractivity contribution is 0.0533. The molecule has 3 heteroatoms. The Morgan fingerprint density at radius 3 is 2.79 bits per heavy atom. The fraction of sp³-hybridized carbons (Fsp3) is 1.00. The lowest BCUT2D eigenvalue weighted by Crippen LogP contribution is -2.53. The largest absolute Gasteiger partial charge is 0.330 e. The molecule has 1 heterocycles. The van der Waals surface area contributed by atoms with Gasteiger partial charge in [-0.1, -0.05) is 0 Å². The van der Waals surface area contributed by atoms with Gasteiger partial charge in [-0.3, -0.25) is 4.90 Å². The molecule has 0 amide bonds. The second-order valence-electron chi connectivity index (χ2n) is 4.64. The predicted octanol–water partition coefficient (Wildman–Crippen LogP) is 1.55. The molecular weight excluding hydrogens is 192 g/mol. The molecule has 3 unspecified atom stereocenters. The summed E-state index contributed by atoms with van der Waals surface area (Å²) in [6.07, 6.45) is 7.80. The van der Waals surface area contributed by atoms with E-state index in [-0.39, 0.29) is 0 Å². The van der Waals surface area contributed by atoms with Gasteiger partial charge in [0.1, 0.15) is 0 Å². The van der Waals surface area contributed by atoms with Crippen LogP contribution in [0, 0.1) is 5.92 Å². The van der Waals surface area contributed by atoms with Gasteiger partial charge in [0.25, 0.3) is 0 Å². The summed E-state index contributed by atoms with van der Waals surface area (Å²) in [6, 6.07) is 0.829. The van der Waals surface area contributed by atoms with Crippen molar-refractivity contribution in [3.8, 4) is 0 Å². The number of thioether (sulfide) groups is 1. The Kier molecular flexibility index (Phi) is 3.74. The van der Waals surface area contributed by atoms with Crippen LogP contribution >= 0.6 is 11.8 Å². The zero-order valence-corrected chi connectivity index (χ0v) is 9.93. The first-order valence-corrected chi connectivity index (χ1v) is 7.11. The summed E-state index contributed by atoms with van der Waals surface area (Å²) < 4.78 is 0. The molecule has 1 aliphatic carbocycles. The van der Waals surface area contributed by atoms with Gasteiger partial charge in [-0.15, -0.1) is 0 Å². The minimum absolute atomic E-state index is 0.801. The third-order valence-corrected chi connectivity index (χ3v) is 4.94. The number of hydrogen-bond acceptors (Lipinski definition) is 3. The molecule has 0 aromatic heterocycles. The number of likely N-dealkylation sites (tertiary alicyclic amines) is 1. The molecule has 0 bridgehead atoms. The molecule has 0 aromatic rings. The quantitative estimate of drug-likeness (QED) is 0.773. The van der Waals surface area contributed by atoms with Crippen LogP contribution < -0.4 is 5.73 Å². The molecule has 0 spiro atoms. The van der Waals surface area contributed by atoms with Crippen LogP contribution in [0.5, 0.6) is 0 Å². The predicted molar refractivity (Wildman–Crippen MR) is 63.7 cm³/mol. The van der Waals surface area contributed by atoms with E-state index in [0.717, 1.165) is 23.8 Å². The van der Waals surface area contributed by atoms with E-state index in [1.807, 2.05) is 11.8 Å². The van der Waals surface area contributed by atoms with E-state index in [0.29, 0.717) is 0 Å². The van der Waals surface area contributed by atoms with Gasteiger partial charge in [0.2, 0.25) is 0 Å². The summed E-state index contributed by atoms with van der Waals surface area (Å²) in [4.78, 5) is 2.70. The van der Waals surface area contributed by atoms with Crippen LogP contribution in [0.1, 0.15) is 25.7 Å². The fourth-order valence-electron chi connectivity index (χ4n) is 2.77. The number of rotatable bonds is 3. The molecule has 2 aliphatic rings. The van der Waals surface area contributed by atoms with Gasteiger partial charge in [0, 0.05) is 17.8 Å². The van der Waals surface area contributed by atoms with Crippen molar-refractivity contribution >= 4 is 11.8 Å². The van der Waals surface area contributed by atoms with Gasteiger partial charge in [-0.25, -0.2) is 0 Å². The molecule has 2 rings (SSSR count). The zero-order chi connectivity index (χ0) is 9.97. The van der Waals surface area contributed by atoms with Gasteiger partial charge in [0.15, 0.2) is 0 Å². The molecule has 0 radical (unpaired) electrons. The van der Waals surface area contributed by atoms with Crippen molar-refractivity contribution in [3.05, 3.63) is 0 Å². The number of hydrogen-bond donors (Lipinski definition) is 1. The summed E-state index contributed by atoms with van der Waals surface area (Å²) in [7, 11) is 0. The van der Waals surface area contributed by atoms with Crippen LogP contribution in [0.2, 0.25) is 0 Å². The molecule has 14 heavy (non-hydrogen) atoms. The monoisotopic (exact) mass is 214 g/mol. The van der Waals surface area contributed by atoms with Crippen molar-refractivity contribution in [2.24, 2.45) is 11.7 Å². The molecule has 1 saturated heterocycles. The van der Waals surface area contributed by atoms with E-state index < -0.39 is 0 Å². The summed E-state index contributed by atoms with van der Waals surface area (Å²) in [5.41, 5.74) is 5.77. The number of nitrogens with two attached hydrogens (primary N) is 1. The van der Waals surface area contributed by atoms with Gasteiger partial charge in [-0.2, -0.15) is 11.8 Å². The van der Waals surface area contributed by atoms with Gasteiger partial charge in [-0.05, 0) is 50.9 Å². The van der Waals surface area contributed by atoms with Gasteiger partial charge >= 0.3 is 0 Å². The van der Waals surface area contributed by atoms with Crippen molar-refractivity contribution < 1.29 is 0 Å². The number of nitrogens with zero attached hydrogens (tertiary/aromatic N) is 1. The molecule has 1 saturated carbocycles. The average Bonchev–Trinajstić information content (AvgIpc) is 2.17. The van der Waals surface area contributed by atoms with Crippen LogP contribution in [0.4, 0.5) is 0 Å². The summed E-state index contributed by atoms with van der Waals surface area (Å²) in [6.45, 7) is 3.52. The summed E-state index contributed by atoms with van der Waals surface area (Å²) in [5, 5.41) is 0.878. The first kappa shape index (κ1) is 10.8. The Labute approximate surface area is 91.6 Å². The highest BCUT2D eigenvalue weighted by Crippen LogP contribution is 2.34. The minimum atomic E-state index is 0.801. The molecule has 82 valence electrons. The van der Waals surface area contributed by atoms with Crippen molar-refractivity contribution in [2.75, 3.05) is 25.9 Å². The second-order valence-corrected chi connectivity index (χ2v) is 5.77. The topological polar surface area (TPSA) is 29.3 Å². The Balaban J connectivity index is 1.84. The van der Waals surface area contributed by atoms with Crippen LogP contribution in [0.25, 0.3) is 0 Å². The minimum Gasteiger partial charge on any atom is -0.330 e. The van der Waals surface area contributed by atoms with Crippen molar-refractivity contribution in [2.45, 2.75) is 37.0 Å². The third-order valence-electron chi connectivity index (χ3n) is 3.89. The molecular formula is C11H22N2S. The lowest BCUT2D eigenvalue weighted by Gasteiger charge is -2.47. The van der Waals surface area contributed by atoms with Crippen LogP contribution in [0.3, 0.4) is 0 Å². The van der Waals surface area contributed by atoms with E-state index >= 15 is 0 Å². The zero-order valence-electron chi connectivity index (χ0n) is 9.11. The Hall–Kier alpha value is 0.270. The van der Waals surface area contributed by atoms with E-state index in [9.17, 15) is 0 Å². The van der Waals surface area contributed by atoms with Crippen molar-refractivity contribution in [3.63, 3.8) is 0 Å². The number of piperidine rings is 1. The molecule has 0 aromatic carbocycles. The maximum absolute atomic E-state index is 5.77. The average molecular weight is 214 g/mol. The highest BCUT2D eigenvalue weighted by Gasteiger charge is 2.36.